The molecular formula is C16H9Cl5N2O4S. The first-order valence-corrected chi connectivity index (χ1v) is 10.0. The smallest absolute Gasteiger partial charge is 0.282 e. The average Bonchev–Trinajstić information content (AvgIpc) is 2.89. The van der Waals surface area contributed by atoms with Crippen molar-refractivity contribution in [3.05, 3.63) is 60.5 Å². The lowest BCUT2D eigenvalue weighted by molar-refractivity contribution is -0.121. The molecule has 1 aliphatic heterocycles. The van der Waals surface area contributed by atoms with Crippen LogP contribution in [0.2, 0.25) is 25.1 Å². The molecule has 6 nitrogen and oxygen atoms in total. The normalized spacial score (nSPS) is 12.7. The highest BCUT2D eigenvalue weighted by Gasteiger charge is 2.42. The van der Waals surface area contributed by atoms with Crippen molar-refractivity contribution < 1.29 is 19.9 Å². The van der Waals surface area contributed by atoms with Gasteiger partial charge < -0.3 is 5.48 Å². The van der Waals surface area contributed by atoms with Gasteiger partial charge >= 0.3 is 0 Å². The highest BCUT2D eigenvalue weighted by atomic mass is 35.5. The van der Waals surface area contributed by atoms with Gasteiger partial charge in [-0.3, -0.25) is 19.8 Å². The third kappa shape index (κ3) is 4.07. The van der Waals surface area contributed by atoms with E-state index in [9.17, 15) is 14.4 Å². The van der Waals surface area contributed by atoms with Crippen LogP contribution in [0.25, 0.3) is 0 Å². The molecule has 0 bridgehead atoms. The number of carbonyl (C=O) groups excluding carboxylic acids is 3. The van der Waals surface area contributed by atoms with Gasteiger partial charge in [0.1, 0.15) is 0 Å². The van der Waals surface area contributed by atoms with Gasteiger partial charge in [-0.25, -0.2) is 0 Å². The zero-order valence-corrected chi connectivity index (χ0v) is 18.1. The lowest BCUT2D eigenvalue weighted by atomic mass is 10.1. The Bertz CT molecular complexity index is 954. The first-order valence-electron chi connectivity index (χ1n) is 7.15. The van der Waals surface area contributed by atoms with Crippen LogP contribution < -0.4 is 5.43 Å². The number of nitrogens with one attached hydrogen (secondary N) is 1. The van der Waals surface area contributed by atoms with Gasteiger partial charge in [-0.05, 0) is 12.1 Å². The van der Waals surface area contributed by atoms with Crippen LogP contribution in [0.15, 0.2) is 29.2 Å². The van der Waals surface area contributed by atoms with Crippen molar-refractivity contribution in [3.8, 4) is 0 Å². The second-order valence-corrected chi connectivity index (χ2v) is 8.14. The van der Waals surface area contributed by atoms with Gasteiger partial charge in [-0.1, -0.05) is 70.1 Å². The van der Waals surface area contributed by atoms with E-state index in [0.717, 1.165) is 11.8 Å². The molecular weight excluding hydrogens is 494 g/mol. The Morgan fingerprint density at radius 2 is 1.39 bits per heavy atom. The van der Waals surface area contributed by atoms with Crippen LogP contribution in [0, 0.1) is 0 Å². The van der Waals surface area contributed by atoms with E-state index >= 15 is 0 Å². The summed E-state index contributed by atoms with van der Waals surface area (Å²) in [5.41, 5.74) is 1.82. The number of hydrazine groups is 1. The lowest BCUT2D eigenvalue weighted by Gasteiger charge is -2.15. The monoisotopic (exact) mass is 500 g/mol. The molecule has 0 aromatic heterocycles. The summed E-state index contributed by atoms with van der Waals surface area (Å²) >= 11 is 31.1. The first-order chi connectivity index (χ1) is 12.7. The molecule has 0 unspecified atom stereocenters. The van der Waals surface area contributed by atoms with E-state index in [0.29, 0.717) is 14.9 Å². The van der Waals surface area contributed by atoms with E-state index in [1.807, 2.05) is 0 Å². The maximum Gasteiger partial charge on any atom is 0.282 e. The number of benzene rings is 2. The Kier molecular flexibility index (Phi) is 7.50. The van der Waals surface area contributed by atoms with E-state index in [2.05, 4.69) is 5.43 Å². The van der Waals surface area contributed by atoms with Crippen LogP contribution in [-0.4, -0.2) is 34.0 Å². The first kappa shape index (κ1) is 23.1. The number of rotatable bonds is 4. The molecule has 0 aliphatic carbocycles. The Morgan fingerprint density at radius 1 is 0.893 bits per heavy atom. The molecule has 28 heavy (non-hydrogen) atoms. The highest BCUT2D eigenvalue weighted by Crippen LogP contribution is 2.44. The predicted octanol–water partition coefficient (Wildman–Crippen LogP) is 4.55. The largest absolute Gasteiger partial charge is 0.412 e. The fourth-order valence-corrected chi connectivity index (χ4v) is 4.36. The minimum Gasteiger partial charge on any atom is -0.412 e. The van der Waals surface area contributed by atoms with E-state index in [1.54, 1.807) is 24.3 Å². The molecule has 3 rings (SSSR count). The molecule has 148 valence electrons. The summed E-state index contributed by atoms with van der Waals surface area (Å²) in [6.45, 7) is 0. The number of thioether (sulfide) groups is 1. The van der Waals surface area contributed by atoms with Crippen LogP contribution in [0.5, 0.6) is 0 Å². The summed E-state index contributed by atoms with van der Waals surface area (Å²) in [5, 5.41) is 0.309. The van der Waals surface area contributed by atoms with E-state index in [-0.39, 0.29) is 42.4 Å². The number of halogens is 5. The van der Waals surface area contributed by atoms with Crippen molar-refractivity contribution in [2.75, 3.05) is 5.75 Å². The van der Waals surface area contributed by atoms with Crippen LogP contribution in [0.1, 0.15) is 20.7 Å². The van der Waals surface area contributed by atoms with Gasteiger partial charge in [0.25, 0.3) is 11.8 Å². The molecule has 2 aromatic carbocycles. The molecule has 0 spiro atoms. The van der Waals surface area contributed by atoms with Gasteiger partial charge in [0, 0.05) is 4.90 Å². The maximum atomic E-state index is 12.5. The Labute approximate surface area is 188 Å². The standard InChI is InChI=1S/C16H7Cl5N2O3S.H2O/c17-6-3-1-2-4-7(6)27-5-8(24)22-23-15(25)9-10(16(23)26)12(19)14(21)13(20)11(9)18;/h1-4H,5H2,(H,22,24);1H2. The maximum absolute atomic E-state index is 12.5. The molecule has 0 atom stereocenters. The van der Waals surface area contributed by atoms with Crippen LogP contribution in [0.4, 0.5) is 0 Å². The fourth-order valence-electron chi connectivity index (χ4n) is 2.31. The molecule has 3 amide bonds. The summed E-state index contributed by atoms with van der Waals surface area (Å²) in [7, 11) is 0. The summed E-state index contributed by atoms with van der Waals surface area (Å²) in [6.07, 6.45) is 0. The summed E-state index contributed by atoms with van der Waals surface area (Å²) < 4.78 is 0. The Hall–Kier alpha value is -1.19. The highest BCUT2D eigenvalue weighted by molar-refractivity contribution is 8.00. The summed E-state index contributed by atoms with van der Waals surface area (Å²) in [5.74, 6) is -2.38. The Morgan fingerprint density at radius 3 is 1.89 bits per heavy atom. The number of fused-ring (bicyclic) bond motifs is 1. The van der Waals surface area contributed by atoms with Crippen molar-refractivity contribution in [2.45, 2.75) is 4.90 Å². The Balaban J connectivity index is 0.00000280. The molecule has 0 saturated heterocycles. The van der Waals surface area contributed by atoms with E-state index in [1.165, 1.54) is 0 Å². The minimum absolute atomic E-state index is 0. The molecule has 1 aliphatic rings. The van der Waals surface area contributed by atoms with Gasteiger partial charge in [-0.15, -0.1) is 11.8 Å². The second-order valence-electron chi connectivity index (χ2n) is 5.21. The molecule has 0 fully saturated rings. The number of hydrogen-bond donors (Lipinski definition) is 1. The second kappa shape index (κ2) is 9.09. The third-order valence-electron chi connectivity index (χ3n) is 3.53. The number of nitrogens with zero attached hydrogens (tertiary/aromatic N) is 1. The molecule has 1 heterocycles. The van der Waals surface area contributed by atoms with Crippen molar-refractivity contribution in [3.63, 3.8) is 0 Å². The van der Waals surface area contributed by atoms with Crippen LogP contribution in [-0.2, 0) is 4.79 Å². The number of imide groups is 1. The van der Waals surface area contributed by atoms with Gasteiger partial charge in [0.2, 0.25) is 5.91 Å². The minimum atomic E-state index is -0.850. The van der Waals surface area contributed by atoms with E-state index in [4.69, 9.17) is 58.0 Å². The zero-order valence-electron chi connectivity index (χ0n) is 13.5. The van der Waals surface area contributed by atoms with Crippen molar-refractivity contribution >= 4 is 87.5 Å². The number of hydrogen-bond acceptors (Lipinski definition) is 4. The lowest BCUT2D eigenvalue weighted by Crippen LogP contribution is -2.46. The number of amides is 3. The molecule has 0 saturated carbocycles. The molecule has 3 N–H and O–H groups in total. The summed E-state index contributed by atoms with van der Waals surface area (Å²) in [6, 6.07) is 6.96. The summed E-state index contributed by atoms with van der Waals surface area (Å²) in [4.78, 5) is 37.9. The van der Waals surface area contributed by atoms with Crippen molar-refractivity contribution in [2.24, 2.45) is 0 Å². The van der Waals surface area contributed by atoms with Crippen molar-refractivity contribution in [1.82, 2.24) is 10.4 Å². The van der Waals surface area contributed by atoms with Gasteiger partial charge in [0.15, 0.2) is 0 Å². The predicted molar refractivity (Wildman–Crippen MR) is 111 cm³/mol. The quantitative estimate of drug-likeness (QED) is 0.287. The molecule has 0 radical (unpaired) electrons. The van der Waals surface area contributed by atoms with Gasteiger partial charge in [-0.2, -0.15) is 5.01 Å². The zero-order chi connectivity index (χ0) is 19.9. The number of carbonyl (C=O) groups is 3. The van der Waals surface area contributed by atoms with Crippen molar-refractivity contribution in [1.29, 1.82) is 0 Å². The van der Waals surface area contributed by atoms with Crippen LogP contribution >= 0.6 is 69.8 Å². The average molecular weight is 503 g/mol. The van der Waals surface area contributed by atoms with Crippen LogP contribution in [0.3, 0.4) is 0 Å². The molecule has 12 heteroatoms. The fraction of sp³-hybridized carbons (Fsp3) is 0.0625. The third-order valence-corrected chi connectivity index (χ3v) is 6.85. The topological polar surface area (TPSA) is 98.0 Å². The van der Waals surface area contributed by atoms with E-state index < -0.39 is 17.7 Å². The van der Waals surface area contributed by atoms with Gasteiger partial charge in [0.05, 0.1) is 42.0 Å². The molecule has 2 aromatic rings. The SMILES string of the molecule is O.O=C(CSc1ccccc1Cl)NN1C(=O)c2c(Cl)c(Cl)c(Cl)c(Cl)c2C1=O.